The summed E-state index contributed by atoms with van der Waals surface area (Å²) in [5, 5.41) is 5.37. The Hall–Kier alpha value is -1.26. The van der Waals surface area contributed by atoms with Crippen LogP contribution in [0.4, 0.5) is 13.2 Å². The van der Waals surface area contributed by atoms with Crippen molar-refractivity contribution in [2.24, 2.45) is 23.7 Å². The quantitative estimate of drug-likeness (QED) is 0.833. The Bertz CT molecular complexity index is 612. The van der Waals surface area contributed by atoms with Crippen molar-refractivity contribution in [3.05, 3.63) is 16.8 Å². The fraction of sp³-hybridized carbons (Fsp3) is 0.667. The van der Waals surface area contributed by atoms with Crippen LogP contribution in [0.2, 0.25) is 0 Å². The van der Waals surface area contributed by atoms with Crippen LogP contribution in [-0.4, -0.2) is 16.0 Å². The zero-order chi connectivity index (χ0) is 14.5. The zero-order valence-electron chi connectivity index (χ0n) is 11.7. The average molecular weight is 284 g/mol. The minimum atomic E-state index is -4.22. The first-order valence-electron chi connectivity index (χ1n) is 7.16. The Morgan fingerprint density at radius 2 is 2.15 bits per heavy atom. The molecular formula is C15H19F3N2. The third-order valence-corrected chi connectivity index (χ3v) is 4.52. The lowest BCUT2D eigenvalue weighted by Gasteiger charge is -2.15. The van der Waals surface area contributed by atoms with E-state index in [1.54, 1.807) is 6.20 Å². The lowest BCUT2D eigenvalue weighted by atomic mass is 9.92. The lowest BCUT2D eigenvalue weighted by Crippen LogP contribution is -2.36. The van der Waals surface area contributed by atoms with Crippen molar-refractivity contribution in [1.29, 1.82) is 0 Å². The van der Waals surface area contributed by atoms with Crippen LogP contribution in [-0.2, 0) is 6.54 Å². The maximum absolute atomic E-state index is 12.5. The number of nitrogens with zero attached hydrogens (tertiary/aromatic N) is 2. The van der Waals surface area contributed by atoms with E-state index in [1.165, 1.54) is 6.42 Å². The summed E-state index contributed by atoms with van der Waals surface area (Å²) in [6, 6.07) is 0. The molecule has 1 fully saturated rings. The second kappa shape index (κ2) is 4.64. The summed E-state index contributed by atoms with van der Waals surface area (Å²) in [6.45, 7) is 3.44. The summed E-state index contributed by atoms with van der Waals surface area (Å²) in [6.07, 6.45) is 3.51. The first kappa shape index (κ1) is 13.7. The van der Waals surface area contributed by atoms with E-state index < -0.39 is 12.7 Å². The van der Waals surface area contributed by atoms with E-state index >= 15 is 0 Å². The van der Waals surface area contributed by atoms with Gasteiger partial charge < -0.3 is 0 Å². The van der Waals surface area contributed by atoms with Crippen LogP contribution in [0.5, 0.6) is 0 Å². The Kier molecular flexibility index (Phi) is 3.18. The minimum absolute atomic E-state index is 0.374. The maximum Gasteiger partial charge on any atom is 0.408 e. The predicted octanol–water partition coefficient (Wildman–Crippen LogP) is 2.32. The molecule has 1 aromatic heterocycles. The fourth-order valence-corrected chi connectivity index (χ4v) is 3.37. The highest BCUT2D eigenvalue weighted by molar-refractivity contribution is 5.39. The third-order valence-electron chi connectivity index (χ3n) is 4.52. The van der Waals surface area contributed by atoms with Crippen molar-refractivity contribution >= 4 is 12.2 Å². The van der Waals surface area contributed by atoms with Crippen molar-refractivity contribution in [2.45, 2.75) is 39.4 Å². The normalized spacial score (nSPS) is 28.8. The molecule has 2 nitrogen and oxygen atoms in total. The van der Waals surface area contributed by atoms with Gasteiger partial charge in [0.15, 0.2) is 0 Å². The van der Waals surface area contributed by atoms with Crippen LogP contribution in [0.1, 0.15) is 26.7 Å². The first-order valence-corrected chi connectivity index (χ1v) is 7.16. The zero-order valence-corrected chi connectivity index (χ0v) is 11.7. The lowest BCUT2D eigenvalue weighted by molar-refractivity contribution is -0.143. The minimum Gasteiger partial charge on any atom is -0.256 e. The molecule has 0 bridgehead atoms. The molecule has 5 heteroatoms. The summed E-state index contributed by atoms with van der Waals surface area (Å²) in [7, 11) is 0. The maximum atomic E-state index is 12.5. The number of aromatic nitrogens is 2. The predicted molar refractivity (Wildman–Crippen MR) is 71.0 cm³/mol. The van der Waals surface area contributed by atoms with E-state index in [9.17, 15) is 13.2 Å². The fourth-order valence-electron chi connectivity index (χ4n) is 3.37. The standard InChI is InChI=1S/C15H19F3N2/c1-9(2)12-6-13(12)10-3-4-11-7-19-20(14(11)5-10)8-15(16,17)18/h4-5,7,9-10,12-13H,3,6,8H2,1-2H3/t10?,12-,13-/m1/s1. The Labute approximate surface area is 116 Å². The molecule has 0 radical (unpaired) electrons. The highest BCUT2D eigenvalue weighted by atomic mass is 19.4. The monoisotopic (exact) mass is 284 g/mol. The number of hydrogen-bond donors (Lipinski definition) is 0. The molecule has 1 saturated carbocycles. The van der Waals surface area contributed by atoms with Gasteiger partial charge >= 0.3 is 6.18 Å². The van der Waals surface area contributed by atoms with Crippen LogP contribution < -0.4 is 10.6 Å². The summed E-state index contributed by atoms with van der Waals surface area (Å²) >= 11 is 0. The number of alkyl halides is 3. The van der Waals surface area contributed by atoms with E-state index in [0.717, 1.165) is 22.2 Å². The molecule has 110 valence electrons. The van der Waals surface area contributed by atoms with Crippen molar-refractivity contribution in [1.82, 2.24) is 9.78 Å². The van der Waals surface area contributed by atoms with Gasteiger partial charge in [-0.3, -0.25) is 4.68 Å². The molecular weight excluding hydrogens is 265 g/mol. The van der Waals surface area contributed by atoms with Crippen molar-refractivity contribution in [3.63, 3.8) is 0 Å². The van der Waals surface area contributed by atoms with E-state index in [-0.39, 0.29) is 0 Å². The number of hydrogen-bond acceptors (Lipinski definition) is 1. The number of halogens is 3. The first-order chi connectivity index (χ1) is 9.35. The number of rotatable bonds is 3. The van der Waals surface area contributed by atoms with Gasteiger partial charge in [0.2, 0.25) is 0 Å². The second-order valence-corrected chi connectivity index (χ2v) is 6.34. The summed E-state index contributed by atoms with van der Waals surface area (Å²) < 4.78 is 38.7. The molecule has 1 unspecified atom stereocenters. The highest BCUT2D eigenvalue weighted by Gasteiger charge is 2.43. The van der Waals surface area contributed by atoms with Gasteiger partial charge in [-0.05, 0) is 36.5 Å². The summed E-state index contributed by atoms with van der Waals surface area (Å²) in [5.41, 5.74) is 0. The van der Waals surface area contributed by atoms with E-state index in [0.29, 0.717) is 23.1 Å². The molecule has 0 saturated heterocycles. The molecule has 20 heavy (non-hydrogen) atoms. The molecule has 3 rings (SSSR count). The van der Waals surface area contributed by atoms with Gasteiger partial charge in [0.05, 0.1) is 11.5 Å². The van der Waals surface area contributed by atoms with Crippen molar-refractivity contribution in [3.8, 4) is 0 Å². The summed E-state index contributed by atoms with van der Waals surface area (Å²) in [5.74, 6) is 2.40. The smallest absolute Gasteiger partial charge is 0.256 e. The van der Waals surface area contributed by atoms with Crippen LogP contribution in [0, 0.1) is 23.7 Å². The Balaban J connectivity index is 1.86. The van der Waals surface area contributed by atoms with Gasteiger partial charge in [0.25, 0.3) is 0 Å². The van der Waals surface area contributed by atoms with Crippen molar-refractivity contribution < 1.29 is 13.2 Å². The molecule has 2 aliphatic rings. The van der Waals surface area contributed by atoms with E-state index in [2.05, 4.69) is 18.9 Å². The third kappa shape index (κ3) is 2.63. The topological polar surface area (TPSA) is 17.8 Å². The van der Waals surface area contributed by atoms with Crippen molar-refractivity contribution in [2.75, 3.05) is 0 Å². The van der Waals surface area contributed by atoms with Gasteiger partial charge in [0, 0.05) is 5.22 Å². The SMILES string of the molecule is CC(C)[C@H]1C[C@@H]1C1C=c2c(cnn2CC(F)(F)F)=CC1. The van der Waals surface area contributed by atoms with Crippen LogP contribution in [0.25, 0.3) is 12.2 Å². The van der Waals surface area contributed by atoms with E-state index in [4.69, 9.17) is 0 Å². The molecule has 0 N–H and O–H groups in total. The molecule has 3 atom stereocenters. The van der Waals surface area contributed by atoms with E-state index in [1.807, 2.05) is 12.2 Å². The second-order valence-electron chi connectivity index (χ2n) is 6.34. The van der Waals surface area contributed by atoms with Crippen LogP contribution in [0.3, 0.4) is 0 Å². The summed E-state index contributed by atoms with van der Waals surface area (Å²) in [4.78, 5) is 0. The number of fused-ring (bicyclic) bond motifs is 1. The van der Waals surface area contributed by atoms with Gasteiger partial charge in [-0.15, -0.1) is 0 Å². The van der Waals surface area contributed by atoms with Gasteiger partial charge in [0.1, 0.15) is 6.54 Å². The molecule has 1 aromatic rings. The van der Waals surface area contributed by atoms with Crippen LogP contribution in [0.15, 0.2) is 6.20 Å². The van der Waals surface area contributed by atoms with Gasteiger partial charge in [-0.25, -0.2) is 0 Å². The molecule has 0 amide bonds. The largest absolute Gasteiger partial charge is 0.408 e. The van der Waals surface area contributed by atoms with Crippen LogP contribution >= 0.6 is 0 Å². The molecule has 0 aromatic carbocycles. The average Bonchev–Trinajstić information content (AvgIpc) is 3.06. The highest BCUT2D eigenvalue weighted by Crippen LogP contribution is 2.50. The Morgan fingerprint density at radius 1 is 1.40 bits per heavy atom. The molecule has 1 heterocycles. The Morgan fingerprint density at radius 3 is 2.75 bits per heavy atom. The molecule has 2 aliphatic carbocycles. The van der Waals surface area contributed by atoms with Gasteiger partial charge in [-0.2, -0.15) is 18.3 Å². The molecule has 0 spiro atoms. The van der Waals surface area contributed by atoms with Gasteiger partial charge in [-0.1, -0.05) is 26.0 Å². The molecule has 0 aliphatic heterocycles.